The topological polar surface area (TPSA) is 107 Å². The molecule has 2 saturated heterocycles. The molecule has 3 aromatic heterocycles. The van der Waals surface area contributed by atoms with Crippen molar-refractivity contribution in [3.05, 3.63) is 72.7 Å². The molecule has 0 spiro atoms. The van der Waals surface area contributed by atoms with E-state index in [9.17, 15) is 0 Å². The molecule has 37 heavy (non-hydrogen) atoms. The molecule has 0 bridgehead atoms. The van der Waals surface area contributed by atoms with Gasteiger partial charge < -0.3 is 20.6 Å². The third-order valence-electron chi connectivity index (χ3n) is 7.32. The lowest BCUT2D eigenvalue weighted by Crippen LogP contribution is -2.14. The van der Waals surface area contributed by atoms with Gasteiger partial charge in [-0.2, -0.15) is 0 Å². The summed E-state index contributed by atoms with van der Waals surface area (Å²) in [6.45, 7) is 2.12. The Hall–Kier alpha value is -3.59. The van der Waals surface area contributed by atoms with Crippen molar-refractivity contribution in [2.45, 2.75) is 37.8 Å². The first-order valence-corrected chi connectivity index (χ1v) is 12.7. The average Bonchev–Trinajstić information content (AvgIpc) is 3.75. The number of aromatic amines is 2. The number of aromatic nitrogens is 6. The van der Waals surface area contributed by atoms with E-state index >= 15 is 0 Å². The van der Waals surface area contributed by atoms with Crippen LogP contribution < -0.4 is 10.6 Å². The Labute approximate surface area is 221 Å². The van der Waals surface area contributed by atoms with Crippen molar-refractivity contribution >= 4 is 23.3 Å². The first-order valence-electron chi connectivity index (χ1n) is 12.7. The normalized spacial score (nSPS) is 19.4. The van der Waals surface area contributed by atoms with Crippen LogP contribution in [0.5, 0.6) is 0 Å². The predicted octanol–water partition coefficient (Wildman–Crippen LogP) is 5.35. The van der Waals surface area contributed by atoms with E-state index in [4.69, 9.17) is 4.98 Å². The van der Waals surface area contributed by atoms with Gasteiger partial charge in [0.25, 0.3) is 0 Å². The van der Waals surface area contributed by atoms with Crippen molar-refractivity contribution in [2.75, 3.05) is 13.1 Å². The number of benzene rings is 2. The van der Waals surface area contributed by atoms with Gasteiger partial charge in [-0.25, -0.2) is 19.9 Å². The number of nitrogens with zero attached hydrogens (tertiary/aromatic N) is 4. The maximum Gasteiger partial charge on any atom is 0.159 e. The van der Waals surface area contributed by atoms with E-state index in [1.165, 1.54) is 12.8 Å². The second-order valence-corrected chi connectivity index (χ2v) is 9.71. The fraction of sp³-hybridized carbons (Fsp3) is 0.286. The Bertz CT molecular complexity index is 1510. The van der Waals surface area contributed by atoms with Gasteiger partial charge in [-0.3, -0.25) is 0 Å². The van der Waals surface area contributed by atoms with E-state index < -0.39 is 0 Å². The molecule has 2 atom stereocenters. The molecule has 2 aliphatic heterocycles. The molecule has 5 heterocycles. The van der Waals surface area contributed by atoms with Crippen LogP contribution >= 0.6 is 12.4 Å². The Morgan fingerprint density at radius 2 is 1.24 bits per heavy atom. The lowest BCUT2D eigenvalue weighted by Gasteiger charge is -2.07. The van der Waals surface area contributed by atoms with Gasteiger partial charge in [0.05, 0.1) is 41.4 Å². The molecule has 2 aliphatic rings. The summed E-state index contributed by atoms with van der Waals surface area (Å²) in [6, 6.07) is 15.3. The number of nitrogens with one attached hydrogen (secondary N) is 4. The van der Waals surface area contributed by atoms with Crippen molar-refractivity contribution in [3.8, 4) is 33.9 Å². The first-order chi connectivity index (χ1) is 17.8. The Balaban J connectivity index is 0.00000252. The Morgan fingerprint density at radius 3 is 1.86 bits per heavy atom. The largest absolute Gasteiger partial charge is 0.341 e. The van der Waals surface area contributed by atoms with E-state index in [1.807, 2.05) is 18.6 Å². The van der Waals surface area contributed by atoms with Gasteiger partial charge in [0.15, 0.2) is 5.82 Å². The minimum atomic E-state index is 0. The monoisotopic (exact) mass is 512 g/mol. The van der Waals surface area contributed by atoms with E-state index in [0.717, 1.165) is 82.4 Å². The van der Waals surface area contributed by atoms with Crippen LogP contribution in [0.2, 0.25) is 0 Å². The lowest BCUT2D eigenvalue weighted by atomic mass is 10.1. The highest BCUT2D eigenvalue weighted by atomic mass is 35.5. The second kappa shape index (κ2) is 10.0. The molecule has 188 valence electrons. The molecule has 2 aromatic carbocycles. The zero-order valence-corrected chi connectivity index (χ0v) is 21.2. The SMILES string of the molecule is Cl.c1cc(-c2cnc([C@@H]3CCCN3)[nH]2)ccc1-c1ncc2cc(-c3cnc([C@@H]4CCCN4)[nH]3)ccc2n1. The summed E-state index contributed by atoms with van der Waals surface area (Å²) in [5, 5.41) is 7.99. The number of H-pyrrole nitrogens is 2. The molecule has 0 aliphatic carbocycles. The summed E-state index contributed by atoms with van der Waals surface area (Å²) in [6.07, 6.45) is 10.4. The summed E-state index contributed by atoms with van der Waals surface area (Å²) in [4.78, 5) is 25.6. The number of imidazole rings is 2. The molecule has 5 aromatic rings. The summed E-state index contributed by atoms with van der Waals surface area (Å²) in [5.74, 6) is 2.75. The van der Waals surface area contributed by atoms with Gasteiger partial charge in [-0.05, 0) is 56.5 Å². The van der Waals surface area contributed by atoms with Crippen molar-refractivity contribution in [2.24, 2.45) is 0 Å². The number of hydrogen-bond acceptors (Lipinski definition) is 6. The van der Waals surface area contributed by atoms with E-state index in [2.05, 4.69) is 78.0 Å². The minimum absolute atomic E-state index is 0. The zero-order valence-electron chi connectivity index (χ0n) is 20.4. The van der Waals surface area contributed by atoms with Gasteiger partial charge in [0, 0.05) is 22.7 Å². The van der Waals surface area contributed by atoms with Crippen LogP contribution in [0.25, 0.3) is 44.8 Å². The fourth-order valence-electron chi connectivity index (χ4n) is 5.30. The van der Waals surface area contributed by atoms with Gasteiger partial charge in [-0.15, -0.1) is 12.4 Å². The molecule has 8 nitrogen and oxygen atoms in total. The molecular weight excluding hydrogens is 484 g/mol. The van der Waals surface area contributed by atoms with E-state index in [1.54, 1.807) is 0 Å². The van der Waals surface area contributed by atoms with Crippen LogP contribution in [0.1, 0.15) is 49.4 Å². The third-order valence-corrected chi connectivity index (χ3v) is 7.32. The van der Waals surface area contributed by atoms with Crippen LogP contribution in [0.15, 0.2) is 61.1 Å². The molecule has 7 rings (SSSR count). The molecule has 9 heteroatoms. The zero-order chi connectivity index (χ0) is 23.9. The van der Waals surface area contributed by atoms with Crippen LogP contribution in [-0.2, 0) is 0 Å². The van der Waals surface area contributed by atoms with Crippen molar-refractivity contribution in [3.63, 3.8) is 0 Å². The summed E-state index contributed by atoms with van der Waals surface area (Å²) >= 11 is 0. The molecule has 0 amide bonds. The molecule has 0 radical (unpaired) electrons. The summed E-state index contributed by atoms with van der Waals surface area (Å²) in [7, 11) is 0. The first kappa shape index (κ1) is 23.8. The standard InChI is InChI=1S/C28H28N8.ClH/c1-3-22(29-11-1)27-32-15-24(35-27)17-5-7-18(8-6-17)26-31-14-20-13-19(9-10-21(20)34-26)25-16-33-28(36-25)23-4-2-12-30-23;/h5-10,13-16,22-23,29-30H,1-4,11-12H2,(H,32,35)(H,33,36);1H/t22-,23-;/m0./s1. The maximum atomic E-state index is 4.83. The van der Waals surface area contributed by atoms with Crippen LogP contribution in [0, 0.1) is 0 Å². The highest BCUT2D eigenvalue weighted by Crippen LogP contribution is 2.28. The van der Waals surface area contributed by atoms with Crippen molar-refractivity contribution < 1.29 is 0 Å². The summed E-state index contributed by atoms with van der Waals surface area (Å²) in [5.41, 5.74) is 6.16. The van der Waals surface area contributed by atoms with Crippen LogP contribution in [-0.4, -0.2) is 43.0 Å². The fourth-order valence-corrected chi connectivity index (χ4v) is 5.30. The highest BCUT2D eigenvalue weighted by molar-refractivity contribution is 5.85. The smallest absolute Gasteiger partial charge is 0.159 e. The number of fused-ring (bicyclic) bond motifs is 1. The van der Waals surface area contributed by atoms with Crippen molar-refractivity contribution in [1.29, 1.82) is 0 Å². The Kier molecular flexibility index (Phi) is 6.46. The predicted molar refractivity (Wildman–Crippen MR) is 147 cm³/mol. The minimum Gasteiger partial charge on any atom is -0.341 e. The number of halogens is 1. The quantitative estimate of drug-likeness (QED) is 0.253. The van der Waals surface area contributed by atoms with Crippen LogP contribution in [0.4, 0.5) is 0 Å². The van der Waals surface area contributed by atoms with Gasteiger partial charge >= 0.3 is 0 Å². The van der Waals surface area contributed by atoms with Crippen molar-refractivity contribution in [1.82, 2.24) is 40.5 Å². The van der Waals surface area contributed by atoms with E-state index in [0.29, 0.717) is 12.1 Å². The second-order valence-electron chi connectivity index (χ2n) is 9.71. The maximum absolute atomic E-state index is 4.83. The molecule has 4 N–H and O–H groups in total. The van der Waals surface area contributed by atoms with E-state index in [-0.39, 0.29) is 12.4 Å². The molecule has 2 fully saturated rings. The molecule has 0 unspecified atom stereocenters. The van der Waals surface area contributed by atoms with Crippen LogP contribution in [0.3, 0.4) is 0 Å². The van der Waals surface area contributed by atoms with Gasteiger partial charge in [0.1, 0.15) is 11.6 Å². The lowest BCUT2D eigenvalue weighted by molar-refractivity contribution is 0.613. The number of rotatable bonds is 5. The molecule has 0 saturated carbocycles. The highest BCUT2D eigenvalue weighted by Gasteiger charge is 2.20. The average molecular weight is 513 g/mol. The number of hydrogen-bond donors (Lipinski definition) is 4. The van der Waals surface area contributed by atoms with Gasteiger partial charge in [-0.1, -0.05) is 30.3 Å². The Morgan fingerprint density at radius 1 is 0.649 bits per heavy atom. The summed E-state index contributed by atoms with van der Waals surface area (Å²) < 4.78 is 0. The third kappa shape index (κ3) is 4.64. The molecular formula is C28H29ClN8. The van der Waals surface area contributed by atoms with Gasteiger partial charge in [0.2, 0.25) is 0 Å².